The zero-order chi connectivity index (χ0) is 83.2. The zero-order valence-corrected chi connectivity index (χ0v) is 71.6. The van der Waals surface area contributed by atoms with Crippen molar-refractivity contribution < 1.29 is 0 Å². The van der Waals surface area contributed by atoms with Crippen molar-refractivity contribution in [2.75, 3.05) is 0 Å². The first-order valence-electron chi connectivity index (χ1n) is 43.2. The second-order valence-corrected chi connectivity index (χ2v) is 37.7. The van der Waals surface area contributed by atoms with Gasteiger partial charge in [0.1, 0.15) is 0 Å². The first-order chi connectivity index (χ1) is 59.0. The number of rotatable bonds is 12. The molecule has 0 N–H and O–H groups in total. The van der Waals surface area contributed by atoms with E-state index in [4.69, 9.17) is 0 Å². The zero-order valence-electron chi connectivity index (χ0n) is 71.6. The lowest BCUT2D eigenvalue weighted by molar-refractivity contribution is 0.590. The van der Waals surface area contributed by atoms with Gasteiger partial charge in [0.25, 0.3) is 0 Å². The topological polar surface area (TPSA) is 19.7 Å². The smallest absolute Gasteiger partial charge is 0.0541 e. The van der Waals surface area contributed by atoms with Crippen molar-refractivity contribution in [3.05, 3.63) is 420 Å². The summed E-state index contributed by atoms with van der Waals surface area (Å²) in [7, 11) is 0. The second kappa shape index (κ2) is 28.9. The van der Waals surface area contributed by atoms with Crippen LogP contribution in [-0.4, -0.2) is 18.3 Å². The van der Waals surface area contributed by atoms with Gasteiger partial charge in [-0.2, -0.15) is 0 Å². The first-order valence-corrected chi connectivity index (χ1v) is 43.2. The fourth-order valence-corrected chi connectivity index (χ4v) is 19.4. The summed E-state index contributed by atoms with van der Waals surface area (Å²) in [5, 5.41) is 14.6. The first kappa shape index (κ1) is 75.4. The van der Waals surface area contributed by atoms with Crippen LogP contribution in [0.1, 0.15) is 139 Å². The van der Waals surface area contributed by atoms with E-state index in [0.717, 1.165) is 78.4 Å². The summed E-state index contributed by atoms with van der Waals surface area (Å²) in [6, 6.07) is 138. The van der Waals surface area contributed by atoms with E-state index in [-0.39, 0.29) is 21.7 Å². The maximum Gasteiger partial charge on any atom is 0.0541 e. The standard InChI is InChI=1S/C118H98N4/c1-115(2,3)83-49-57-87(58-50-83)119-105-33-21-17-25-91(105)101-71-75(37-65-109(101)119)69-99(81-47-67-111-103(73-81)93-27-19-23-35-107(93)121(111)89-61-53-85(54-62-89)117(7,8)9)77-39-43-79(44-40-77)113-95-29-13-15-31-97(95)114(98-32-16-14-30-96(98)113)80-45-41-78(42-46-80)100(82-48-68-112-104(74-82)94-28-20-24-36-108(94)122(112)90-63-55-86(56-64-90)118(10,11)12)70-76-38-66-110-102(72-76)92-26-18-22-34-106(92)120(110)88-59-51-84(52-60-88)116(4,5)6/h13-74H,1-12H3/b99-69-,100-70-. The van der Waals surface area contributed by atoms with Crippen LogP contribution in [-0.2, 0) is 21.7 Å². The quantitative estimate of drug-likeness (QED) is 0.0858. The number of para-hydroxylation sites is 4. The minimum absolute atomic E-state index is 0.0409. The molecule has 0 atom stereocenters. The second-order valence-electron chi connectivity index (χ2n) is 37.7. The maximum absolute atomic E-state index is 2.44. The van der Waals surface area contributed by atoms with Crippen molar-refractivity contribution in [3.63, 3.8) is 0 Å². The van der Waals surface area contributed by atoms with Crippen LogP contribution in [0.2, 0.25) is 0 Å². The molecule has 0 aliphatic rings. The van der Waals surface area contributed by atoms with Gasteiger partial charge in [0.2, 0.25) is 0 Å². The van der Waals surface area contributed by atoms with Gasteiger partial charge in [0, 0.05) is 65.8 Å². The maximum atomic E-state index is 2.44. The molecule has 21 aromatic rings. The lowest BCUT2D eigenvalue weighted by Gasteiger charge is -2.19. The monoisotopic (exact) mass is 1570 g/mol. The highest BCUT2D eigenvalue weighted by atomic mass is 15.0. The van der Waals surface area contributed by atoms with Crippen LogP contribution in [0.15, 0.2) is 364 Å². The molecule has 0 spiro atoms. The summed E-state index contributed by atoms with van der Waals surface area (Å²) in [5.74, 6) is 0. The highest BCUT2D eigenvalue weighted by Gasteiger charge is 2.26. The van der Waals surface area contributed by atoms with Crippen LogP contribution in [0.25, 0.3) is 177 Å². The van der Waals surface area contributed by atoms with Crippen molar-refractivity contribution in [2.45, 2.75) is 105 Å². The Morgan fingerprint density at radius 3 is 0.656 bits per heavy atom. The third kappa shape index (κ3) is 13.0. The minimum atomic E-state index is 0.0409. The fraction of sp³-hybridized carbons (Fsp3) is 0.136. The number of benzene rings is 17. The van der Waals surface area contributed by atoms with E-state index in [1.54, 1.807) is 0 Å². The largest absolute Gasteiger partial charge is 0.309 e. The molecular formula is C118H98N4. The average Bonchev–Trinajstić information content (AvgIpc) is 1.10. The van der Waals surface area contributed by atoms with E-state index in [1.165, 1.54) is 142 Å². The Balaban J connectivity index is 0.693. The van der Waals surface area contributed by atoms with E-state index in [1.807, 2.05) is 0 Å². The summed E-state index contributed by atoms with van der Waals surface area (Å²) in [6.07, 6.45) is 4.85. The number of fused-ring (bicyclic) bond motifs is 14. The van der Waals surface area contributed by atoms with Gasteiger partial charge in [0.15, 0.2) is 0 Å². The number of hydrogen-bond donors (Lipinski definition) is 0. The lowest BCUT2D eigenvalue weighted by atomic mass is 9.85. The van der Waals surface area contributed by atoms with Crippen LogP contribution in [0.3, 0.4) is 0 Å². The molecule has 0 radical (unpaired) electrons. The molecule has 0 fully saturated rings. The third-order valence-corrected chi connectivity index (χ3v) is 25.8. The van der Waals surface area contributed by atoms with Gasteiger partial charge in [-0.3, -0.25) is 0 Å². The molecule has 590 valence electrons. The molecule has 17 aromatic carbocycles. The molecule has 0 bridgehead atoms. The molecule has 4 nitrogen and oxygen atoms in total. The SMILES string of the molecule is CC(C)(C)c1ccc(-n2c3ccccc3c3cc(/C=C(/c4ccc(-c5c6ccccc6c(-c6ccc(/C(=C/c7ccc8c(c7)c7ccccc7n8-c7ccc(C(C)(C)C)cc7)c7ccc8c(c7)c7ccccc7n8-c7ccc(C(C)(C)C)cc7)cc6)c6ccccc56)cc4)c4ccc5c(c4)c4ccccc4n5-c4ccc(C(C)(C)C)cc4)ccc32)cc1. The van der Waals surface area contributed by atoms with Crippen LogP contribution in [0.5, 0.6) is 0 Å². The molecule has 0 aliphatic carbocycles. The summed E-state index contributed by atoms with van der Waals surface area (Å²) >= 11 is 0. The van der Waals surface area contributed by atoms with Gasteiger partial charge in [-0.25, -0.2) is 0 Å². The van der Waals surface area contributed by atoms with Crippen LogP contribution < -0.4 is 0 Å². The predicted molar refractivity (Wildman–Crippen MR) is 524 cm³/mol. The summed E-state index contributed by atoms with van der Waals surface area (Å²) < 4.78 is 9.74. The van der Waals surface area contributed by atoms with Gasteiger partial charge in [-0.05, 0) is 266 Å². The molecule has 0 aliphatic heterocycles. The van der Waals surface area contributed by atoms with E-state index >= 15 is 0 Å². The van der Waals surface area contributed by atoms with Gasteiger partial charge >= 0.3 is 0 Å². The Kier molecular flexibility index (Phi) is 17.8. The molecule has 0 amide bonds. The van der Waals surface area contributed by atoms with E-state index in [0.29, 0.717) is 0 Å². The third-order valence-electron chi connectivity index (χ3n) is 25.8. The normalized spacial score (nSPS) is 12.9. The van der Waals surface area contributed by atoms with Crippen LogP contribution in [0, 0.1) is 0 Å². The van der Waals surface area contributed by atoms with Gasteiger partial charge in [0.05, 0.1) is 44.1 Å². The Morgan fingerprint density at radius 2 is 0.402 bits per heavy atom. The molecule has 0 unspecified atom stereocenters. The van der Waals surface area contributed by atoms with E-state index in [2.05, 4.69) is 477 Å². The van der Waals surface area contributed by atoms with Gasteiger partial charge in [-0.15, -0.1) is 0 Å². The lowest BCUT2D eigenvalue weighted by Crippen LogP contribution is -2.10. The molecule has 21 rings (SSSR count). The highest BCUT2D eigenvalue weighted by Crippen LogP contribution is 2.48. The molecular weight excluding hydrogens is 1470 g/mol. The van der Waals surface area contributed by atoms with Crippen molar-refractivity contribution >= 4 is 132 Å². The Morgan fingerprint density at radius 1 is 0.189 bits per heavy atom. The molecule has 4 heterocycles. The van der Waals surface area contributed by atoms with Crippen molar-refractivity contribution in [1.29, 1.82) is 0 Å². The Labute approximate surface area is 714 Å². The molecule has 4 heteroatoms. The molecule has 4 aromatic heterocycles. The number of aromatic nitrogens is 4. The van der Waals surface area contributed by atoms with E-state index in [9.17, 15) is 0 Å². The van der Waals surface area contributed by atoms with Crippen molar-refractivity contribution in [2.24, 2.45) is 0 Å². The van der Waals surface area contributed by atoms with Gasteiger partial charge < -0.3 is 18.3 Å². The van der Waals surface area contributed by atoms with Crippen LogP contribution in [0.4, 0.5) is 0 Å². The molecule has 0 saturated carbocycles. The number of nitrogens with zero attached hydrogens (tertiary/aromatic N) is 4. The highest BCUT2D eigenvalue weighted by molar-refractivity contribution is 6.22. The molecule has 122 heavy (non-hydrogen) atoms. The molecule has 0 saturated heterocycles. The average molecular weight is 1570 g/mol. The summed E-state index contributed by atoms with van der Waals surface area (Å²) in [5.41, 5.74) is 33.4. The summed E-state index contributed by atoms with van der Waals surface area (Å²) in [4.78, 5) is 0. The van der Waals surface area contributed by atoms with Crippen LogP contribution >= 0.6 is 0 Å². The van der Waals surface area contributed by atoms with E-state index < -0.39 is 0 Å². The van der Waals surface area contributed by atoms with Gasteiger partial charge in [-0.1, -0.05) is 326 Å². The minimum Gasteiger partial charge on any atom is -0.309 e. The summed E-state index contributed by atoms with van der Waals surface area (Å²) in [6.45, 7) is 27.4. The Hall–Kier alpha value is -14.1. The number of hydrogen-bond acceptors (Lipinski definition) is 0. The van der Waals surface area contributed by atoms with Crippen molar-refractivity contribution in [3.8, 4) is 45.0 Å². The van der Waals surface area contributed by atoms with Crippen molar-refractivity contribution in [1.82, 2.24) is 18.3 Å². The Bertz CT molecular complexity index is 7290. The predicted octanol–water partition coefficient (Wildman–Crippen LogP) is 32.1. The fourth-order valence-electron chi connectivity index (χ4n) is 19.4.